The summed E-state index contributed by atoms with van der Waals surface area (Å²) in [6, 6.07) is 0. The van der Waals surface area contributed by atoms with Crippen LogP contribution in [-0.2, 0) is 23.8 Å². The summed E-state index contributed by atoms with van der Waals surface area (Å²) in [4.78, 5) is 0. The summed E-state index contributed by atoms with van der Waals surface area (Å²) in [6.45, 7) is 5.63. The standard InChI is InChI=1S/C10H19N2OS/c1-4-10-11(8-13-5-2)6-7-12(10)9-14-3/h6-7H,4-5,8-9H2,1-3H3/q+1. The average molecular weight is 215 g/mol. The number of aromatic nitrogens is 2. The second-order valence-corrected chi connectivity index (χ2v) is 3.88. The fourth-order valence-corrected chi connectivity index (χ4v) is 1.98. The monoisotopic (exact) mass is 215 g/mol. The van der Waals surface area contributed by atoms with Crippen molar-refractivity contribution in [3.05, 3.63) is 18.2 Å². The first-order valence-corrected chi connectivity index (χ1v) is 6.37. The Morgan fingerprint density at radius 3 is 2.86 bits per heavy atom. The number of nitrogens with zero attached hydrogens (tertiary/aromatic N) is 2. The molecule has 1 heterocycles. The Kier molecular flexibility index (Phi) is 5.04. The molecule has 1 aromatic heterocycles. The number of imidazole rings is 1. The maximum Gasteiger partial charge on any atom is 0.258 e. The van der Waals surface area contributed by atoms with E-state index in [2.05, 4.69) is 34.7 Å². The molecule has 0 aliphatic heterocycles. The summed E-state index contributed by atoms with van der Waals surface area (Å²) < 4.78 is 9.83. The zero-order valence-electron chi connectivity index (χ0n) is 9.19. The van der Waals surface area contributed by atoms with Crippen molar-refractivity contribution < 1.29 is 9.30 Å². The van der Waals surface area contributed by atoms with E-state index in [0.717, 1.165) is 18.9 Å². The molecule has 0 saturated carbocycles. The molecule has 0 aromatic carbocycles. The largest absolute Gasteiger partial charge is 0.342 e. The minimum Gasteiger partial charge on any atom is -0.342 e. The van der Waals surface area contributed by atoms with E-state index in [-0.39, 0.29) is 0 Å². The summed E-state index contributed by atoms with van der Waals surface area (Å²) >= 11 is 1.83. The molecule has 0 N–H and O–H groups in total. The fraction of sp³-hybridized carbons (Fsp3) is 0.700. The quantitative estimate of drug-likeness (QED) is 0.672. The van der Waals surface area contributed by atoms with Gasteiger partial charge in [-0.15, -0.1) is 11.8 Å². The molecule has 0 saturated heterocycles. The van der Waals surface area contributed by atoms with Crippen molar-refractivity contribution in [1.82, 2.24) is 4.57 Å². The molecule has 0 fully saturated rings. The highest BCUT2D eigenvalue weighted by Gasteiger charge is 2.13. The van der Waals surface area contributed by atoms with Crippen molar-refractivity contribution in [2.75, 3.05) is 12.9 Å². The second kappa shape index (κ2) is 6.09. The molecule has 3 nitrogen and oxygen atoms in total. The van der Waals surface area contributed by atoms with Crippen molar-refractivity contribution in [2.45, 2.75) is 32.9 Å². The van der Waals surface area contributed by atoms with Gasteiger partial charge in [0.2, 0.25) is 0 Å². The Morgan fingerprint density at radius 1 is 1.50 bits per heavy atom. The lowest BCUT2D eigenvalue weighted by atomic mass is 10.4. The highest BCUT2D eigenvalue weighted by Crippen LogP contribution is 2.00. The van der Waals surface area contributed by atoms with E-state index in [1.807, 2.05) is 18.7 Å². The zero-order valence-corrected chi connectivity index (χ0v) is 10.0. The summed E-state index contributed by atoms with van der Waals surface area (Å²) in [6.07, 6.45) is 7.37. The predicted molar refractivity (Wildman–Crippen MR) is 59.1 cm³/mol. The number of rotatable bonds is 6. The fourth-order valence-electron chi connectivity index (χ4n) is 1.47. The lowest BCUT2D eigenvalue weighted by Crippen LogP contribution is -2.35. The summed E-state index contributed by atoms with van der Waals surface area (Å²) in [5.74, 6) is 2.34. The minimum absolute atomic E-state index is 0.668. The zero-order chi connectivity index (χ0) is 10.4. The van der Waals surface area contributed by atoms with Gasteiger partial charge in [-0.25, -0.2) is 9.13 Å². The molecule has 80 valence electrons. The molecular weight excluding hydrogens is 196 g/mol. The van der Waals surface area contributed by atoms with Gasteiger partial charge in [0, 0.05) is 13.0 Å². The van der Waals surface area contributed by atoms with Crippen LogP contribution in [-0.4, -0.2) is 17.4 Å². The van der Waals surface area contributed by atoms with Gasteiger partial charge < -0.3 is 4.74 Å². The highest BCUT2D eigenvalue weighted by molar-refractivity contribution is 7.97. The van der Waals surface area contributed by atoms with E-state index in [1.54, 1.807) is 0 Å². The molecule has 0 unspecified atom stereocenters. The van der Waals surface area contributed by atoms with Crippen LogP contribution < -0.4 is 4.57 Å². The van der Waals surface area contributed by atoms with E-state index in [0.29, 0.717) is 6.73 Å². The van der Waals surface area contributed by atoms with E-state index >= 15 is 0 Å². The normalized spacial score (nSPS) is 10.8. The first kappa shape index (κ1) is 11.6. The smallest absolute Gasteiger partial charge is 0.258 e. The van der Waals surface area contributed by atoms with Crippen molar-refractivity contribution in [1.29, 1.82) is 0 Å². The lowest BCUT2D eigenvalue weighted by molar-refractivity contribution is -0.683. The van der Waals surface area contributed by atoms with Crippen LogP contribution in [0, 0.1) is 0 Å². The van der Waals surface area contributed by atoms with Crippen LogP contribution in [0.3, 0.4) is 0 Å². The Labute approximate surface area is 90.1 Å². The maximum atomic E-state index is 5.40. The maximum absolute atomic E-state index is 5.40. The number of hydrogen-bond acceptors (Lipinski definition) is 2. The van der Waals surface area contributed by atoms with E-state index in [4.69, 9.17) is 4.74 Å². The van der Waals surface area contributed by atoms with Crippen LogP contribution in [0.1, 0.15) is 19.7 Å². The van der Waals surface area contributed by atoms with Crippen molar-refractivity contribution >= 4 is 11.8 Å². The topological polar surface area (TPSA) is 18.0 Å². The molecule has 0 radical (unpaired) electrons. The van der Waals surface area contributed by atoms with Gasteiger partial charge in [-0.05, 0) is 13.2 Å². The second-order valence-electron chi connectivity index (χ2n) is 3.05. The molecule has 0 bridgehead atoms. The highest BCUT2D eigenvalue weighted by atomic mass is 32.2. The van der Waals surface area contributed by atoms with Gasteiger partial charge in [0.15, 0.2) is 6.73 Å². The Hall–Kier alpha value is -0.480. The number of thioether (sulfide) groups is 1. The molecule has 14 heavy (non-hydrogen) atoms. The minimum atomic E-state index is 0.668. The molecule has 1 aromatic rings. The van der Waals surface area contributed by atoms with Gasteiger partial charge in [-0.2, -0.15) is 0 Å². The molecule has 0 spiro atoms. The summed E-state index contributed by atoms with van der Waals surface area (Å²) in [7, 11) is 0. The van der Waals surface area contributed by atoms with Gasteiger partial charge in [-0.1, -0.05) is 6.92 Å². The number of ether oxygens (including phenoxy) is 1. The van der Waals surface area contributed by atoms with Gasteiger partial charge in [0.05, 0.1) is 0 Å². The van der Waals surface area contributed by atoms with Crippen LogP contribution in [0.5, 0.6) is 0 Å². The summed E-state index contributed by atoms with van der Waals surface area (Å²) in [5, 5.41) is 0. The number of hydrogen-bond donors (Lipinski definition) is 0. The lowest BCUT2D eigenvalue weighted by Gasteiger charge is -2.01. The molecule has 1 rings (SSSR count). The van der Waals surface area contributed by atoms with Crippen LogP contribution in [0.25, 0.3) is 0 Å². The molecule has 0 atom stereocenters. The third kappa shape index (κ3) is 2.75. The van der Waals surface area contributed by atoms with Crippen molar-refractivity contribution in [3.8, 4) is 0 Å². The molecule has 4 heteroatoms. The van der Waals surface area contributed by atoms with Crippen LogP contribution in [0.15, 0.2) is 12.4 Å². The third-order valence-corrected chi connectivity index (χ3v) is 2.64. The van der Waals surface area contributed by atoms with E-state index < -0.39 is 0 Å². The van der Waals surface area contributed by atoms with Gasteiger partial charge in [0.25, 0.3) is 5.82 Å². The first-order chi connectivity index (χ1) is 6.83. The van der Waals surface area contributed by atoms with Gasteiger partial charge in [0.1, 0.15) is 18.3 Å². The Balaban J connectivity index is 2.73. The van der Waals surface area contributed by atoms with Crippen molar-refractivity contribution in [2.24, 2.45) is 0 Å². The molecular formula is C10H19N2OS+. The SMILES string of the molecule is CCOCn1cc[n+](CSC)c1CC. The van der Waals surface area contributed by atoms with Crippen LogP contribution in [0.4, 0.5) is 0 Å². The Bertz CT molecular complexity index is 273. The predicted octanol–water partition coefficient (Wildman–Crippen LogP) is 1.65. The summed E-state index contributed by atoms with van der Waals surface area (Å²) in [5.41, 5.74) is 0. The van der Waals surface area contributed by atoms with E-state index in [9.17, 15) is 0 Å². The van der Waals surface area contributed by atoms with Gasteiger partial charge in [-0.3, -0.25) is 0 Å². The van der Waals surface area contributed by atoms with Crippen molar-refractivity contribution in [3.63, 3.8) is 0 Å². The van der Waals surface area contributed by atoms with Gasteiger partial charge >= 0.3 is 0 Å². The molecule has 0 aliphatic rings. The van der Waals surface area contributed by atoms with Crippen LogP contribution >= 0.6 is 11.8 Å². The average Bonchev–Trinajstić information content (AvgIpc) is 2.58. The Morgan fingerprint density at radius 2 is 2.29 bits per heavy atom. The third-order valence-electron chi connectivity index (χ3n) is 2.11. The van der Waals surface area contributed by atoms with E-state index in [1.165, 1.54) is 5.82 Å². The molecule has 0 amide bonds. The molecule has 0 aliphatic carbocycles. The first-order valence-electron chi connectivity index (χ1n) is 4.97. The van der Waals surface area contributed by atoms with Crippen LogP contribution in [0.2, 0.25) is 0 Å².